The zero-order valence-electron chi connectivity index (χ0n) is 9.85. The summed E-state index contributed by atoms with van der Waals surface area (Å²) >= 11 is 3.14. The molecule has 0 saturated heterocycles. The molecule has 0 aliphatic carbocycles. The topological polar surface area (TPSA) is 56.7 Å². The number of benzene rings is 1. The molecule has 3 aromatic rings. The number of hydrogen-bond acceptors (Lipinski definition) is 3. The van der Waals surface area contributed by atoms with Crippen LogP contribution in [-0.2, 0) is 6.54 Å². The van der Waals surface area contributed by atoms with Crippen molar-refractivity contribution in [3.05, 3.63) is 52.5 Å². The lowest BCUT2D eigenvalue weighted by atomic mass is 10.2. The highest BCUT2D eigenvalue weighted by Gasteiger charge is 2.11. The molecule has 2 aromatic heterocycles. The highest BCUT2D eigenvalue weighted by molar-refractivity contribution is 9.10. The molecule has 0 saturated carbocycles. The number of nitrogens with two attached hydrogens (primary N) is 1. The van der Waals surface area contributed by atoms with Gasteiger partial charge in [0.25, 0.3) is 0 Å². The van der Waals surface area contributed by atoms with Crippen LogP contribution in [0.2, 0.25) is 0 Å². The molecule has 0 unspecified atom stereocenters. The summed E-state index contributed by atoms with van der Waals surface area (Å²) in [6.45, 7) is 0.511. The Morgan fingerprint density at radius 3 is 2.95 bits per heavy atom. The number of aromatic nitrogens is 3. The molecule has 96 valence electrons. The van der Waals surface area contributed by atoms with Crippen LogP contribution in [0, 0.1) is 5.82 Å². The third-order valence-corrected chi connectivity index (χ3v) is 3.49. The number of anilines is 1. The van der Waals surface area contributed by atoms with E-state index in [1.54, 1.807) is 23.0 Å². The van der Waals surface area contributed by atoms with Crippen molar-refractivity contribution in [3.63, 3.8) is 0 Å². The first kappa shape index (κ1) is 12.1. The van der Waals surface area contributed by atoms with Crippen LogP contribution in [-0.4, -0.2) is 14.5 Å². The van der Waals surface area contributed by atoms with Crippen molar-refractivity contribution in [2.24, 2.45) is 0 Å². The fourth-order valence-corrected chi connectivity index (χ4v) is 2.31. The summed E-state index contributed by atoms with van der Waals surface area (Å²) in [6.07, 6.45) is 3.45. The molecular formula is C13H10BrFN4. The Labute approximate surface area is 117 Å². The highest BCUT2D eigenvalue weighted by atomic mass is 79.9. The van der Waals surface area contributed by atoms with E-state index in [1.165, 1.54) is 6.07 Å². The quantitative estimate of drug-likeness (QED) is 0.789. The molecule has 0 atom stereocenters. The van der Waals surface area contributed by atoms with Gasteiger partial charge in [-0.1, -0.05) is 6.07 Å². The first-order valence-electron chi connectivity index (χ1n) is 5.65. The van der Waals surface area contributed by atoms with Gasteiger partial charge in [-0.05, 0) is 33.6 Å². The molecule has 0 amide bonds. The second kappa shape index (κ2) is 4.62. The maximum Gasteiger partial charge on any atom is 0.201 e. The monoisotopic (exact) mass is 320 g/mol. The summed E-state index contributed by atoms with van der Waals surface area (Å²) in [7, 11) is 0. The molecule has 3 rings (SSSR count). The van der Waals surface area contributed by atoms with E-state index in [2.05, 4.69) is 25.9 Å². The van der Waals surface area contributed by atoms with Crippen LogP contribution in [0.5, 0.6) is 0 Å². The number of pyridine rings is 1. The Balaban J connectivity index is 2.13. The van der Waals surface area contributed by atoms with Crippen molar-refractivity contribution in [2.75, 3.05) is 5.73 Å². The zero-order chi connectivity index (χ0) is 13.4. The minimum Gasteiger partial charge on any atom is -0.369 e. The molecule has 0 spiro atoms. The van der Waals surface area contributed by atoms with Crippen molar-refractivity contribution in [3.8, 4) is 0 Å². The van der Waals surface area contributed by atoms with Gasteiger partial charge in [0.05, 0.1) is 22.1 Å². The second-order valence-corrected chi connectivity index (χ2v) is 5.03. The molecular weight excluding hydrogens is 311 g/mol. The van der Waals surface area contributed by atoms with Crippen molar-refractivity contribution in [1.29, 1.82) is 0 Å². The Hall–Kier alpha value is -1.95. The van der Waals surface area contributed by atoms with E-state index in [0.29, 0.717) is 28.0 Å². The average molecular weight is 321 g/mol. The lowest BCUT2D eigenvalue weighted by Crippen LogP contribution is -2.04. The highest BCUT2D eigenvalue weighted by Crippen LogP contribution is 2.25. The van der Waals surface area contributed by atoms with Gasteiger partial charge in [-0.25, -0.2) is 9.37 Å². The van der Waals surface area contributed by atoms with Crippen LogP contribution in [0.4, 0.5) is 10.3 Å². The standard InChI is InChI=1S/C13H10BrFN4/c14-9-4-11-12(5-10(9)15)19(13(16)18-11)7-8-2-1-3-17-6-8/h1-6H,7H2,(H2,16,18). The predicted molar refractivity (Wildman–Crippen MR) is 75.1 cm³/mol. The van der Waals surface area contributed by atoms with Gasteiger partial charge in [0, 0.05) is 18.5 Å². The van der Waals surface area contributed by atoms with Gasteiger partial charge >= 0.3 is 0 Å². The number of halogens is 2. The van der Waals surface area contributed by atoms with Gasteiger partial charge in [0.15, 0.2) is 0 Å². The first-order chi connectivity index (χ1) is 9.15. The normalized spacial score (nSPS) is 11.1. The molecule has 2 N–H and O–H groups in total. The molecule has 0 radical (unpaired) electrons. The Morgan fingerprint density at radius 1 is 1.37 bits per heavy atom. The molecule has 0 bridgehead atoms. The summed E-state index contributed by atoms with van der Waals surface area (Å²) in [6, 6.07) is 6.84. The third-order valence-electron chi connectivity index (χ3n) is 2.88. The molecule has 19 heavy (non-hydrogen) atoms. The van der Waals surface area contributed by atoms with Crippen molar-refractivity contribution in [2.45, 2.75) is 6.54 Å². The largest absolute Gasteiger partial charge is 0.369 e. The maximum atomic E-state index is 13.6. The summed E-state index contributed by atoms with van der Waals surface area (Å²) in [5.74, 6) is 0.0242. The van der Waals surface area contributed by atoms with Crippen LogP contribution >= 0.6 is 15.9 Å². The van der Waals surface area contributed by atoms with Gasteiger partial charge in [0.1, 0.15) is 5.82 Å². The fourth-order valence-electron chi connectivity index (χ4n) is 1.98. The first-order valence-corrected chi connectivity index (χ1v) is 6.44. The van der Waals surface area contributed by atoms with Crippen LogP contribution in [0.15, 0.2) is 41.1 Å². The molecule has 0 aliphatic rings. The Bertz CT molecular complexity index is 739. The minimum absolute atomic E-state index is 0.333. The van der Waals surface area contributed by atoms with E-state index < -0.39 is 0 Å². The number of nitrogens with zero attached hydrogens (tertiary/aromatic N) is 3. The van der Waals surface area contributed by atoms with E-state index >= 15 is 0 Å². The van der Waals surface area contributed by atoms with E-state index in [9.17, 15) is 4.39 Å². The Kier molecular flexibility index (Phi) is 2.94. The van der Waals surface area contributed by atoms with Gasteiger partial charge in [-0.15, -0.1) is 0 Å². The van der Waals surface area contributed by atoms with Crippen LogP contribution < -0.4 is 5.73 Å². The van der Waals surface area contributed by atoms with E-state index in [1.807, 2.05) is 12.1 Å². The summed E-state index contributed by atoms with van der Waals surface area (Å²) < 4.78 is 15.8. The predicted octanol–water partition coefficient (Wildman–Crippen LogP) is 2.96. The van der Waals surface area contributed by atoms with E-state index in [-0.39, 0.29) is 5.82 Å². The number of imidazole rings is 1. The lowest BCUT2D eigenvalue weighted by Gasteiger charge is -2.06. The minimum atomic E-state index is -0.333. The summed E-state index contributed by atoms with van der Waals surface area (Å²) in [5.41, 5.74) is 8.21. The molecule has 1 aromatic carbocycles. The van der Waals surface area contributed by atoms with Crippen molar-refractivity contribution >= 4 is 32.9 Å². The van der Waals surface area contributed by atoms with Crippen LogP contribution in [0.1, 0.15) is 5.56 Å². The number of fused-ring (bicyclic) bond motifs is 1. The van der Waals surface area contributed by atoms with Crippen LogP contribution in [0.25, 0.3) is 11.0 Å². The van der Waals surface area contributed by atoms with Crippen LogP contribution in [0.3, 0.4) is 0 Å². The van der Waals surface area contributed by atoms with Gasteiger partial charge < -0.3 is 10.3 Å². The Morgan fingerprint density at radius 2 is 2.21 bits per heavy atom. The maximum absolute atomic E-state index is 13.6. The number of rotatable bonds is 2. The number of nitrogen functional groups attached to an aromatic ring is 1. The molecule has 0 aliphatic heterocycles. The van der Waals surface area contributed by atoms with Crippen molar-refractivity contribution < 1.29 is 4.39 Å². The summed E-state index contributed by atoms with van der Waals surface area (Å²) in [4.78, 5) is 8.29. The summed E-state index contributed by atoms with van der Waals surface area (Å²) in [5, 5.41) is 0. The fraction of sp³-hybridized carbons (Fsp3) is 0.0769. The van der Waals surface area contributed by atoms with Gasteiger partial charge in [-0.3, -0.25) is 4.98 Å². The zero-order valence-corrected chi connectivity index (χ0v) is 11.4. The number of hydrogen-bond donors (Lipinski definition) is 1. The van der Waals surface area contributed by atoms with E-state index in [4.69, 9.17) is 5.73 Å². The molecule has 6 heteroatoms. The van der Waals surface area contributed by atoms with Crippen molar-refractivity contribution in [1.82, 2.24) is 14.5 Å². The smallest absolute Gasteiger partial charge is 0.201 e. The van der Waals surface area contributed by atoms with Gasteiger partial charge in [-0.2, -0.15) is 0 Å². The molecule has 2 heterocycles. The third kappa shape index (κ3) is 2.19. The second-order valence-electron chi connectivity index (χ2n) is 4.17. The SMILES string of the molecule is Nc1nc2cc(Br)c(F)cc2n1Cc1cccnc1. The molecule has 4 nitrogen and oxygen atoms in total. The van der Waals surface area contributed by atoms with E-state index in [0.717, 1.165) is 5.56 Å². The lowest BCUT2D eigenvalue weighted by molar-refractivity contribution is 0.622. The van der Waals surface area contributed by atoms with Gasteiger partial charge in [0.2, 0.25) is 5.95 Å². The molecule has 0 fully saturated rings. The average Bonchev–Trinajstić information content (AvgIpc) is 2.68.